The highest BCUT2D eigenvalue weighted by molar-refractivity contribution is 5.28. The van der Waals surface area contributed by atoms with Crippen molar-refractivity contribution in [1.82, 2.24) is 0 Å². The van der Waals surface area contributed by atoms with Crippen LogP contribution in [0.4, 0.5) is 0 Å². The van der Waals surface area contributed by atoms with Gasteiger partial charge in [-0.1, -0.05) is 57.6 Å². The first-order valence-electron chi connectivity index (χ1n) is 12.3. The Morgan fingerprint density at radius 2 is 1.45 bits per heavy atom. The van der Waals surface area contributed by atoms with Crippen molar-refractivity contribution in [1.29, 1.82) is 0 Å². The van der Waals surface area contributed by atoms with E-state index in [9.17, 15) is 0 Å². The van der Waals surface area contributed by atoms with E-state index < -0.39 is 0 Å². The van der Waals surface area contributed by atoms with Crippen LogP contribution in [-0.2, 0) is 15.9 Å². The molecule has 0 aliphatic rings. The van der Waals surface area contributed by atoms with Gasteiger partial charge in [-0.05, 0) is 58.2 Å². The molecular weight excluding hydrogens is 388 g/mol. The molecule has 0 aliphatic carbocycles. The van der Waals surface area contributed by atoms with Crippen LogP contribution in [0.15, 0.2) is 24.3 Å². The van der Waals surface area contributed by atoms with Crippen molar-refractivity contribution in [2.24, 2.45) is 11.5 Å². The average Bonchev–Trinajstić information content (AvgIpc) is 2.75. The zero-order valence-corrected chi connectivity index (χ0v) is 20.9. The summed E-state index contributed by atoms with van der Waals surface area (Å²) in [5.41, 5.74) is 12.6. The summed E-state index contributed by atoms with van der Waals surface area (Å²) in [5.74, 6) is 0.947. The number of unbranched alkanes of at least 4 members (excludes halogenated alkanes) is 6. The molecule has 0 aliphatic heterocycles. The summed E-state index contributed by atoms with van der Waals surface area (Å²) in [6.07, 6.45) is 10.8. The van der Waals surface area contributed by atoms with Gasteiger partial charge >= 0.3 is 0 Å². The molecule has 0 saturated carbocycles. The van der Waals surface area contributed by atoms with Crippen LogP contribution in [0.3, 0.4) is 0 Å². The van der Waals surface area contributed by atoms with Crippen LogP contribution < -0.4 is 16.2 Å². The Bertz CT molecular complexity index is 509. The Balaban J connectivity index is 0.000000695. The Morgan fingerprint density at radius 1 is 0.806 bits per heavy atom. The molecule has 0 fully saturated rings. The van der Waals surface area contributed by atoms with E-state index in [1.807, 2.05) is 33.8 Å². The fraction of sp³-hybridized carbons (Fsp3) is 0.769. The van der Waals surface area contributed by atoms with Crippen LogP contribution in [0.5, 0.6) is 5.75 Å². The van der Waals surface area contributed by atoms with E-state index in [4.69, 9.17) is 25.7 Å². The van der Waals surface area contributed by atoms with Gasteiger partial charge in [0.25, 0.3) is 0 Å². The predicted octanol–water partition coefficient (Wildman–Crippen LogP) is 5.48. The monoisotopic (exact) mass is 438 g/mol. The smallest absolute Gasteiger partial charge is 0.119 e. The minimum atomic E-state index is 0.0850. The Kier molecular flexibility index (Phi) is 20.0. The second-order valence-electron chi connectivity index (χ2n) is 8.59. The van der Waals surface area contributed by atoms with Gasteiger partial charge < -0.3 is 25.7 Å². The van der Waals surface area contributed by atoms with Gasteiger partial charge in [0, 0.05) is 18.7 Å². The van der Waals surface area contributed by atoms with E-state index in [2.05, 4.69) is 25.1 Å². The average molecular weight is 439 g/mol. The number of benzene rings is 1. The molecule has 0 amide bonds. The fourth-order valence-electron chi connectivity index (χ4n) is 2.95. The number of rotatable bonds is 17. The van der Waals surface area contributed by atoms with Gasteiger partial charge in [0.2, 0.25) is 0 Å². The molecule has 1 rings (SSSR count). The van der Waals surface area contributed by atoms with Gasteiger partial charge in [0.15, 0.2) is 0 Å². The molecular formula is C26H50N2O3. The quantitative estimate of drug-likeness (QED) is 0.315. The van der Waals surface area contributed by atoms with Gasteiger partial charge in [-0.2, -0.15) is 0 Å². The Labute approximate surface area is 192 Å². The Hall–Kier alpha value is -1.14. The molecule has 5 heteroatoms. The first-order valence-corrected chi connectivity index (χ1v) is 12.3. The summed E-state index contributed by atoms with van der Waals surface area (Å²) >= 11 is 0. The van der Waals surface area contributed by atoms with Gasteiger partial charge in [0.05, 0.1) is 19.3 Å². The molecule has 0 heterocycles. The minimum Gasteiger partial charge on any atom is -0.492 e. The largest absolute Gasteiger partial charge is 0.492 e. The summed E-state index contributed by atoms with van der Waals surface area (Å²) in [6.45, 7) is 12.7. The summed E-state index contributed by atoms with van der Waals surface area (Å²) in [7, 11) is 0. The van der Waals surface area contributed by atoms with E-state index in [1.165, 1.54) is 50.5 Å². The lowest BCUT2D eigenvalue weighted by molar-refractivity contribution is -0.00677. The van der Waals surface area contributed by atoms with Crippen molar-refractivity contribution >= 4 is 0 Å². The molecule has 5 nitrogen and oxygen atoms in total. The van der Waals surface area contributed by atoms with Crippen LogP contribution in [0.1, 0.15) is 85.1 Å². The summed E-state index contributed by atoms with van der Waals surface area (Å²) in [4.78, 5) is 0. The van der Waals surface area contributed by atoms with Crippen LogP contribution in [0, 0.1) is 0 Å². The Morgan fingerprint density at radius 3 is 2.06 bits per heavy atom. The summed E-state index contributed by atoms with van der Waals surface area (Å²) in [6, 6.07) is 8.62. The topological polar surface area (TPSA) is 79.7 Å². The molecule has 4 N–H and O–H groups in total. The third kappa shape index (κ3) is 20.5. The molecule has 0 aromatic heterocycles. The van der Waals surface area contributed by atoms with Crippen LogP contribution in [0.25, 0.3) is 0 Å². The van der Waals surface area contributed by atoms with E-state index in [0.717, 1.165) is 18.8 Å². The lowest BCUT2D eigenvalue weighted by atomic mass is 10.0. The van der Waals surface area contributed by atoms with E-state index >= 15 is 0 Å². The second-order valence-corrected chi connectivity index (χ2v) is 8.59. The maximum Gasteiger partial charge on any atom is 0.119 e. The number of ether oxygens (including phenoxy) is 3. The van der Waals surface area contributed by atoms with Crippen molar-refractivity contribution < 1.29 is 14.2 Å². The van der Waals surface area contributed by atoms with Crippen molar-refractivity contribution in [3.05, 3.63) is 29.8 Å². The molecule has 0 bridgehead atoms. The molecule has 0 radical (unpaired) electrons. The highest BCUT2D eigenvalue weighted by Gasteiger charge is 2.02. The normalized spacial score (nSPS) is 13.8. The number of hydrogen-bond donors (Lipinski definition) is 2. The maximum atomic E-state index is 5.70. The fourth-order valence-corrected chi connectivity index (χ4v) is 2.95. The first kappa shape index (κ1) is 29.9. The third-order valence-corrected chi connectivity index (χ3v) is 4.68. The van der Waals surface area contributed by atoms with Gasteiger partial charge in [0.1, 0.15) is 12.4 Å². The molecule has 1 aromatic rings. The minimum absolute atomic E-state index is 0.0850. The zero-order chi connectivity index (χ0) is 23.3. The third-order valence-electron chi connectivity index (χ3n) is 4.68. The van der Waals surface area contributed by atoms with Crippen molar-refractivity contribution in [2.45, 2.75) is 104 Å². The van der Waals surface area contributed by atoms with Gasteiger partial charge in [-0.15, -0.1) is 0 Å². The second kappa shape index (κ2) is 20.7. The highest BCUT2D eigenvalue weighted by atomic mass is 16.5. The van der Waals surface area contributed by atoms with Crippen LogP contribution in [-0.4, -0.2) is 44.6 Å². The zero-order valence-electron chi connectivity index (χ0n) is 20.9. The van der Waals surface area contributed by atoms with Gasteiger partial charge in [-0.25, -0.2) is 0 Å². The van der Waals surface area contributed by atoms with Crippen molar-refractivity contribution in [3.63, 3.8) is 0 Å². The molecule has 3 atom stereocenters. The molecule has 182 valence electrons. The SMILES string of the molecule is CCCCCCCCCc1cccc(OCC(C)N)c1.CCOCC(C)OCC(C)N. The van der Waals surface area contributed by atoms with Gasteiger partial charge in [-0.3, -0.25) is 0 Å². The lowest BCUT2D eigenvalue weighted by Crippen LogP contribution is -2.26. The summed E-state index contributed by atoms with van der Waals surface area (Å²) < 4.78 is 16.2. The molecule has 1 aromatic carbocycles. The summed E-state index contributed by atoms with van der Waals surface area (Å²) in [5, 5.41) is 0. The predicted molar refractivity (Wildman–Crippen MR) is 133 cm³/mol. The standard InChI is InChI=1S/C18H31NO.C8H19NO2/c1-3-4-5-6-7-8-9-11-17-12-10-13-18(14-17)20-15-16(2)19;1-4-10-6-8(3)11-5-7(2)9/h10,12-14,16H,3-9,11,15,19H2,1-2H3;7-8H,4-6,9H2,1-3H3. The molecule has 3 unspecified atom stereocenters. The van der Waals surface area contributed by atoms with Crippen LogP contribution >= 0.6 is 0 Å². The molecule has 0 saturated heterocycles. The first-order chi connectivity index (χ1) is 14.9. The number of nitrogens with two attached hydrogens (primary N) is 2. The maximum absolute atomic E-state index is 5.70. The molecule has 31 heavy (non-hydrogen) atoms. The highest BCUT2D eigenvalue weighted by Crippen LogP contribution is 2.16. The van der Waals surface area contributed by atoms with E-state index in [1.54, 1.807) is 0 Å². The van der Waals surface area contributed by atoms with E-state index in [0.29, 0.717) is 19.8 Å². The lowest BCUT2D eigenvalue weighted by Gasteiger charge is -2.14. The van der Waals surface area contributed by atoms with Crippen LogP contribution in [0.2, 0.25) is 0 Å². The number of aryl methyl sites for hydroxylation is 1. The molecule has 0 spiro atoms. The van der Waals surface area contributed by atoms with Crippen molar-refractivity contribution in [2.75, 3.05) is 26.4 Å². The number of hydrogen-bond acceptors (Lipinski definition) is 5. The van der Waals surface area contributed by atoms with E-state index in [-0.39, 0.29) is 18.2 Å². The van der Waals surface area contributed by atoms with Crippen molar-refractivity contribution in [3.8, 4) is 5.75 Å².